The van der Waals surface area contributed by atoms with Gasteiger partial charge in [0.1, 0.15) is 11.6 Å². The number of piperazine rings is 1. The third-order valence-electron chi connectivity index (χ3n) is 6.49. The van der Waals surface area contributed by atoms with E-state index in [1.54, 1.807) is 0 Å². The molecule has 2 aromatic rings. The molecule has 1 saturated carbocycles. The van der Waals surface area contributed by atoms with Crippen LogP contribution in [0.15, 0.2) is 12.1 Å². The van der Waals surface area contributed by atoms with E-state index in [1.165, 1.54) is 32.1 Å². The van der Waals surface area contributed by atoms with Gasteiger partial charge in [0.25, 0.3) is 0 Å². The second kappa shape index (κ2) is 9.14. The summed E-state index contributed by atoms with van der Waals surface area (Å²) in [5, 5.41) is 4.56. The number of carbonyl (C=O) groups is 1. The molecule has 1 amide bonds. The normalized spacial score (nSPS) is 18.1. The summed E-state index contributed by atoms with van der Waals surface area (Å²) in [7, 11) is 0. The van der Waals surface area contributed by atoms with E-state index in [9.17, 15) is 4.79 Å². The van der Waals surface area contributed by atoms with E-state index in [1.807, 2.05) is 36.4 Å². The van der Waals surface area contributed by atoms with E-state index in [4.69, 9.17) is 0 Å². The van der Waals surface area contributed by atoms with E-state index < -0.39 is 0 Å². The van der Waals surface area contributed by atoms with Gasteiger partial charge < -0.3 is 9.80 Å². The molecule has 2 fully saturated rings. The molecule has 0 spiro atoms. The Morgan fingerprint density at radius 3 is 2.33 bits per heavy atom. The molecule has 1 saturated heterocycles. The van der Waals surface area contributed by atoms with E-state index in [2.05, 4.69) is 26.0 Å². The largest absolute Gasteiger partial charge is 0.353 e. The Bertz CT molecular complexity index is 878. The molecule has 1 aliphatic heterocycles. The predicted octanol–water partition coefficient (Wildman–Crippen LogP) is 3.60. The predicted molar refractivity (Wildman–Crippen MR) is 118 cm³/mol. The molecule has 7 nitrogen and oxygen atoms in total. The Morgan fingerprint density at radius 1 is 0.967 bits per heavy atom. The van der Waals surface area contributed by atoms with Gasteiger partial charge in [-0.25, -0.2) is 14.6 Å². The molecule has 0 radical (unpaired) electrons. The molecule has 0 unspecified atom stereocenters. The van der Waals surface area contributed by atoms with Gasteiger partial charge in [-0.3, -0.25) is 4.79 Å². The minimum Gasteiger partial charge on any atom is -0.353 e. The third kappa shape index (κ3) is 4.82. The summed E-state index contributed by atoms with van der Waals surface area (Å²) in [5.74, 6) is 3.54. The van der Waals surface area contributed by atoms with E-state index in [0.717, 1.165) is 67.4 Å². The maximum Gasteiger partial charge on any atom is 0.222 e. The van der Waals surface area contributed by atoms with Crippen LogP contribution in [-0.4, -0.2) is 56.7 Å². The minimum atomic E-state index is 0.322. The summed E-state index contributed by atoms with van der Waals surface area (Å²) < 4.78 is 1.87. The van der Waals surface area contributed by atoms with Crippen LogP contribution in [0.3, 0.4) is 0 Å². The molecule has 2 aromatic heterocycles. The average Bonchev–Trinajstić information content (AvgIpc) is 3.10. The first kappa shape index (κ1) is 20.8. The van der Waals surface area contributed by atoms with Crippen molar-refractivity contribution in [3.8, 4) is 5.82 Å². The van der Waals surface area contributed by atoms with E-state index >= 15 is 0 Å². The molecule has 4 rings (SSSR count). The molecule has 0 aromatic carbocycles. The first-order valence-corrected chi connectivity index (χ1v) is 11.4. The van der Waals surface area contributed by atoms with Crippen molar-refractivity contribution in [3.05, 3.63) is 29.3 Å². The van der Waals surface area contributed by atoms with E-state index in [0.29, 0.717) is 12.3 Å². The summed E-state index contributed by atoms with van der Waals surface area (Å²) in [6.07, 6.45) is 8.45. The quantitative estimate of drug-likeness (QED) is 0.753. The Labute approximate surface area is 179 Å². The summed E-state index contributed by atoms with van der Waals surface area (Å²) >= 11 is 0. The van der Waals surface area contributed by atoms with Gasteiger partial charge >= 0.3 is 0 Å². The van der Waals surface area contributed by atoms with Crippen LogP contribution in [0.2, 0.25) is 0 Å². The molecule has 0 bridgehead atoms. The molecule has 1 aliphatic carbocycles. The zero-order valence-corrected chi connectivity index (χ0v) is 18.6. The Hall–Kier alpha value is -2.44. The summed E-state index contributed by atoms with van der Waals surface area (Å²) in [6, 6.07) is 4.06. The first-order chi connectivity index (χ1) is 14.5. The Kier molecular flexibility index (Phi) is 6.35. The van der Waals surface area contributed by atoms with Gasteiger partial charge in [0.2, 0.25) is 5.91 Å². The van der Waals surface area contributed by atoms with Crippen LogP contribution in [0.5, 0.6) is 0 Å². The van der Waals surface area contributed by atoms with Crippen LogP contribution < -0.4 is 4.90 Å². The average molecular weight is 411 g/mol. The van der Waals surface area contributed by atoms with Gasteiger partial charge in [-0.05, 0) is 39.2 Å². The molecule has 162 valence electrons. The fraction of sp³-hybridized carbons (Fsp3) is 0.652. The van der Waals surface area contributed by atoms with Gasteiger partial charge in [0.05, 0.1) is 5.69 Å². The minimum absolute atomic E-state index is 0.322. The lowest BCUT2D eigenvalue weighted by molar-refractivity contribution is -0.131. The van der Waals surface area contributed by atoms with Crippen molar-refractivity contribution in [2.24, 2.45) is 5.92 Å². The van der Waals surface area contributed by atoms with Gasteiger partial charge in [-0.1, -0.05) is 32.1 Å². The molecular weight excluding hydrogens is 376 g/mol. The van der Waals surface area contributed by atoms with Crippen LogP contribution in [0, 0.1) is 26.7 Å². The molecule has 7 heteroatoms. The smallest absolute Gasteiger partial charge is 0.222 e. The SMILES string of the molecule is Cc1cc(C)n(-c2cc(N3CCN(C(=O)CCC4CCCCC4)CC3)nc(C)n2)n1. The summed E-state index contributed by atoms with van der Waals surface area (Å²) in [6.45, 7) is 9.09. The third-order valence-corrected chi connectivity index (χ3v) is 6.49. The number of hydrogen-bond donors (Lipinski definition) is 0. The van der Waals surface area contributed by atoms with Crippen molar-refractivity contribution in [1.29, 1.82) is 0 Å². The topological polar surface area (TPSA) is 67.2 Å². The molecule has 0 atom stereocenters. The lowest BCUT2D eigenvalue weighted by atomic mass is 9.86. The molecule has 0 N–H and O–H groups in total. The van der Waals surface area contributed by atoms with Crippen molar-refractivity contribution in [3.63, 3.8) is 0 Å². The highest BCUT2D eigenvalue weighted by Gasteiger charge is 2.24. The zero-order valence-electron chi connectivity index (χ0n) is 18.6. The number of aryl methyl sites for hydroxylation is 3. The summed E-state index contributed by atoms with van der Waals surface area (Å²) in [4.78, 5) is 26.2. The zero-order chi connectivity index (χ0) is 21.1. The standard InChI is InChI=1S/C23H34N6O/c1-17-15-18(2)29(26-17)22-16-21(24-19(3)25-22)27-11-13-28(14-12-27)23(30)10-9-20-7-5-4-6-8-20/h15-16,20H,4-14H2,1-3H3. The van der Waals surface area contributed by atoms with Gasteiger partial charge in [-0.2, -0.15) is 5.10 Å². The van der Waals surface area contributed by atoms with Crippen molar-refractivity contribution in [2.75, 3.05) is 31.1 Å². The number of rotatable bonds is 5. The van der Waals surface area contributed by atoms with Crippen molar-refractivity contribution in [1.82, 2.24) is 24.6 Å². The second-order valence-electron chi connectivity index (χ2n) is 8.88. The summed E-state index contributed by atoms with van der Waals surface area (Å²) in [5.41, 5.74) is 2.04. The highest BCUT2D eigenvalue weighted by atomic mass is 16.2. The fourth-order valence-corrected chi connectivity index (χ4v) is 4.81. The fourth-order valence-electron chi connectivity index (χ4n) is 4.81. The van der Waals surface area contributed by atoms with Crippen molar-refractivity contribution in [2.45, 2.75) is 65.7 Å². The lowest BCUT2D eigenvalue weighted by Gasteiger charge is -2.36. The van der Waals surface area contributed by atoms with Gasteiger partial charge in [0.15, 0.2) is 5.82 Å². The highest BCUT2D eigenvalue weighted by Crippen LogP contribution is 2.27. The number of aromatic nitrogens is 4. The van der Waals surface area contributed by atoms with Crippen LogP contribution in [0.1, 0.15) is 62.2 Å². The molecular formula is C23H34N6O. The Balaban J connectivity index is 1.35. The van der Waals surface area contributed by atoms with Crippen LogP contribution in [-0.2, 0) is 4.79 Å². The second-order valence-corrected chi connectivity index (χ2v) is 8.88. The van der Waals surface area contributed by atoms with Gasteiger partial charge in [0, 0.05) is 44.4 Å². The lowest BCUT2D eigenvalue weighted by Crippen LogP contribution is -2.49. The van der Waals surface area contributed by atoms with Gasteiger partial charge in [-0.15, -0.1) is 0 Å². The maximum atomic E-state index is 12.7. The first-order valence-electron chi connectivity index (χ1n) is 11.4. The molecule has 2 aliphatic rings. The van der Waals surface area contributed by atoms with Crippen LogP contribution in [0.4, 0.5) is 5.82 Å². The van der Waals surface area contributed by atoms with Crippen LogP contribution in [0.25, 0.3) is 5.82 Å². The van der Waals surface area contributed by atoms with Crippen LogP contribution >= 0.6 is 0 Å². The number of carbonyl (C=O) groups excluding carboxylic acids is 1. The highest BCUT2D eigenvalue weighted by molar-refractivity contribution is 5.76. The van der Waals surface area contributed by atoms with Crippen molar-refractivity contribution < 1.29 is 4.79 Å². The number of anilines is 1. The molecule has 3 heterocycles. The van der Waals surface area contributed by atoms with E-state index in [-0.39, 0.29) is 0 Å². The number of nitrogens with zero attached hydrogens (tertiary/aromatic N) is 6. The van der Waals surface area contributed by atoms with Crippen molar-refractivity contribution >= 4 is 11.7 Å². The molecule has 30 heavy (non-hydrogen) atoms. The number of hydrogen-bond acceptors (Lipinski definition) is 5. The monoisotopic (exact) mass is 410 g/mol. The Morgan fingerprint density at radius 2 is 1.67 bits per heavy atom. The number of amides is 1. The maximum absolute atomic E-state index is 12.7.